The number of amides is 1. The number of hydrogen-bond donors (Lipinski definition) is 1. The van der Waals surface area contributed by atoms with Gasteiger partial charge in [-0.1, -0.05) is 24.1 Å². The van der Waals surface area contributed by atoms with E-state index in [-0.39, 0.29) is 21.2 Å². The molecule has 1 aliphatic rings. The molecule has 0 bridgehead atoms. The van der Waals surface area contributed by atoms with E-state index in [2.05, 4.69) is 5.32 Å². The number of rotatable bonds is 9. The van der Waals surface area contributed by atoms with Crippen molar-refractivity contribution in [2.24, 2.45) is 0 Å². The van der Waals surface area contributed by atoms with Gasteiger partial charge in [0.05, 0.1) is 17.7 Å². The van der Waals surface area contributed by atoms with Gasteiger partial charge in [-0.05, 0) is 92.4 Å². The summed E-state index contributed by atoms with van der Waals surface area (Å²) in [6, 6.07) is 15.1. The van der Waals surface area contributed by atoms with Gasteiger partial charge in [-0.3, -0.25) is 9.10 Å². The van der Waals surface area contributed by atoms with Crippen LogP contribution in [0, 0.1) is 13.8 Å². The molecule has 9 nitrogen and oxygen atoms in total. The number of ether oxygens (including phenoxy) is 1. The van der Waals surface area contributed by atoms with Crippen molar-refractivity contribution in [2.75, 3.05) is 36.4 Å². The van der Waals surface area contributed by atoms with Crippen molar-refractivity contribution in [1.29, 1.82) is 0 Å². The molecule has 40 heavy (non-hydrogen) atoms. The van der Waals surface area contributed by atoms with Crippen LogP contribution in [0.1, 0.15) is 30.4 Å². The smallest absolute Gasteiger partial charge is 0.264 e. The Hall–Kier alpha value is -3.12. The summed E-state index contributed by atoms with van der Waals surface area (Å²) in [6.45, 7) is 4.04. The molecular formula is C28H32ClN3O6S2. The van der Waals surface area contributed by atoms with Crippen LogP contribution in [0.15, 0.2) is 70.5 Å². The van der Waals surface area contributed by atoms with Crippen LogP contribution >= 0.6 is 11.6 Å². The maximum Gasteiger partial charge on any atom is 0.264 e. The zero-order chi connectivity index (χ0) is 29.1. The van der Waals surface area contributed by atoms with Crippen molar-refractivity contribution in [3.05, 3.63) is 76.8 Å². The van der Waals surface area contributed by atoms with Crippen molar-refractivity contribution >= 4 is 48.9 Å². The van der Waals surface area contributed by atoms with Crippen LogP contribution in [0.25, 0.3) is 0 Å². The van der Waals surface area contributed by atoms with Gasteiger partial charge in [-0.15, -0.1) is 0 Å². The maximum atomic E-state index is 13.7. The number of aryl methyl sites for hydroxylation is 2. The van der Waals surface area contributed by atoms with Crippen molar-refractivity contribution < 1.29 is 26.4 Å². The fourth-order valence-corrected chi connectivity index (χ4v) is 7.70. The molecule has 3 aromatic rings. The van der Waals surface area contributed by atoms with Crippen molar-refractivity contribution in [3.8, 4) is 5.75 Å². The first-order valence-electron chi connectivity index (χ1n) is 12.8. The van der Waals surface area contributed by atoms with Crippen LogP contribution in [0.3, 0.4) is 0 Å². The lowest BCUT2D eigenvalue weighted by atomic mass is 10.1. The molecule has 0 spiro atoms. The summed E-state index contributed by atoms with van der Waals surface area (Å²) >= 11 is 5.96. The lowest BCUT2D eigenvalue weighted by Crippen LogP contribution is -2.38. The average Bonchev–Trinajstić information content (AvgIpc) is 2.94. The van der Waals surface area contributed by atoms with Crippen molar-refractivity contribution in [1.82, 2.24) is 4.31 Å². The van der Waals surface area contributed by atoms with E-state index >= 15 is 0 Å². The monoisotopic (exact) mass is 605 g/mol. The Morgan fingerprint density at radius 2 is 1.60 bits per heavy atom. The second kappa shape index (κ2) is 12.2. The van der Waals surface area contributed by atoms with Gasteiger partial charge in [0.25, 0.3) is 10.0 Å². The Labute approximate surface area is 240 Å². The molecule has 4 rings (SSSR count). The average molecular weight is 606 g/mol. The number of nitrogens with one attached hydrogen (secondary N) is 1. The number of halogens is 1. The minimum Gasteiger partial charge on any atom is -0.495 e. The summed E-state index contributed by atoms with van der Waals surface area (Å²) < 4.78 is 61.8. The molecule has 0 atom stereocenters. The first kappa shape index (κ1) is 29.9. The Kier molecular flexibility index (Phi) is 9.09. The predicted octanol–water partition coefficient (Wildman–Crippen LogP) is 4.97. The van der Waals surface area contributed by atoms with Crippen LogP contribution < -0.4 is 14.4 Å². The number of benzene rings is 3. The number of methoxy groups -OCH3 is 1. The largest absolute Gasteiger partial charge is 0.495 e. The van der Waals surface area contributed by atoms with E-state index in [9.17, 15) is 21.6 Å². The van der Waals surface area contributed by atoms with Gasteiger partial charge >= 0.3 is 0 Å². The molecule has 0 aromatic heterocycles. The highest BCUT2D eigenvalue weighted by molar-refractivity contribution is 7.92. The first-order chi connectivity index (χ1) is 18.9. The van der Waals surface area contributed by atoms with Crippen LogP contribution in [-0.2, 0) is 24.8 Å². The summed E-state index contributed by atoms with van der Waals surface area (Å²) in [5.41, 5.74) is 2.34. The van der Waals surface area contributed by atoms with Crippen LogP contribution in [0.5, 0.6) is 5.75 Å². The standard InChI is InChI=1S/C28H32ClN3O6S2/c1-20-7-11-24(17-21(20)2)32(39(34,35)25-12-8-22(29)9-13-25)19-28(33)30-23-10-14-26(38-3)27(18-23)40(36,37)31-15-5-4-6-16-31/h7-14,17-18H,4-6,15-16,19H2,1-3H3,(H,30,33). The molecule has 214 valence electrons. The Bertz CT molecular complexity index is 1600. The molecule has 0 unspecified atom stereocenters. The Morgan fingerprint density at radius 3 is 2.23 bits per heavy atom. The van der Waals surface area contributed by atoms with E-state index in [1.807, 2.05) is 13.8 Å². The lowest BCUT2D eigenvalue weighted by molar-refractivity contribution is -0.114. The summed E-state index contributed by atoms with van der Waals surface area (Å²) in [5, 5.41) is 3.04. The molecule has 1 aliphatic heterocycles. The van der Waals surface area contributed by atoms with Crippen LogP contribution in [0.4, 0.5) is 11.4 Å². The second-order valence-corrected chi connectivity index (χ2v) is 13.8. The third kappa shape index (κ3) is 6.43. The molecule has 3 aromatic carbocycles. The highest BCUT2D eigenvalue weighted by atomic mass is 35.5. The van der Waals surface area contributed by atoms with E-state index in [4.69, 9.17) is 16.3 Å². The minimum atomic E-state index is -4.15. The number of hydrogen-bond acceptors (Lipinski definition) is 6. The minimum absolute atomic E-state index is 0.0257. The molecule has 12 heteroatoms. The van der Waals surface area contributed by atoms with Crippen LogP contribution in [-0.4, -0.2) is 53.8 Å². The normalized spacial score (nSPS) is 14.5. The molecule has 1 amide bonds. The fraction of sp³-hybridized carbons (Fsp3) is 0.321. The number of carbonyl (C=O) groups is 1. The lowest BCUT2D eigenvalue weighted by Gasteiger charge is -2.27. The molecule has 1 fully saturated rings. The molecule has 0 radical (unpaired) electrons. The van der Waals surface area contributed by atoms with Crippen molar-refractivity contribution in [3.63, 3.8) is 0 Å². The SMILES string of the molecule is COc1ccc(NC(=O)CN(c2ccc(C)c(C)c2)S(=O)(=O)c2ccc(Cl)cc2)cc1S(=O)(=O)N1CCCCC1. The summed E-state index contributed by atoms with van der Waals surface area (Å²) in [7, 11) is -6.63. The van der Waals surface area contributed by atoms with E-state index < -0.39 is 32.5 Å². The zero-order valence-corrected chi connectivity index (χ0v) is 24.9. The number of anilines is 2. The summed E-state index contributed by atoms with van der Waals surface area (Å²) in [5.74, 6) is -0.493. The number of carbonyl (C=O) groups excluding carboxylic acids is 1. The zero-order valence-electron chi connectivity index (χ0n) is 22.6. The predicted molar refractivity (Wildman–Crippen MR) is 156 cm³/mol. The van der Waals surface area contributed by atoms with Gasteiger partial charge in [-0.2, -0.15) is 4.31 Å². The van der Waals surface area contributed by atoms with Crippen molar-refractivity contribution in [2.45, 2.75) is 42.9 Å². The van der Waals surface area contributed by atoms with Crippen LogP contribution in [0.2, 0.25) is 5.02 Å². The first-order valence-corrected chi connectivity index (χ1v) is 16.0. The molecule has 0 saturated carbocycles. The third-order valence-electron chi connectivity index (χ3n) is 6.85. The van der Waals surface area contributed by atoms with Gasteiger partial charge < -0.3 is 10.1 Å². The number of nitrogens with zero attached hydrogens (tertiary/aromatic N) is 2. The maximum absolute atomic E-state index is 13.7. The highest BCUT2D eigenvalue weighted by Gasteiger charge is 2.30. The molecule has 1 N–H and O–H groups in total. The molecule has 0 aliphatic carbocycles. The Morgan fingerprint density at radius 1 is 0.925 bits per heavy atom. The van der Waals surface area contributed by atoms with E-state index in [0.717, 1.165) is 34.7 Å². The molecule has 1 heterocycles. The quantitative estimate of drug-likeness (QED) is 0.368. The van der Waals surface area contributed by atoms with E-state index in [0.29, 0.717) is 23.8 Å². The molecular weight excluding hydrogens is 574 g/mol. The number of sulfonamides is 2. The van der Waals surface area contributed by atoms with Gasteiger partial charge in [0, 0.05) is 23.8 Å². The van der Waals surface area contributed by atoms with Gasteiger partial charge in [-0.25, -0.2) is 16.8 Å². The second-order valence-electron chi connectivity index (χ2n) is 9.61. The summed E-state index contributed by atoms with van der Waals surface area (Å²) in [4.78, 5) is 13.2. The Balaban J connectivity index is 1.65. The molecule has 1 saturated heterocycles. The van der Waals surface area contributed by atoms with Gasteiger partial charge in [0.1, 0.15) is 17.2 Å². The van der Waals surface area contributed by atoms with E-state index in [1.54, 1.807) is 18.2 Å². The summed E-state index contributed by atoms with van der Waals surface area (Å²) in [6.07, 6.45) is 2.51. The highest BCUT2D eigenvalue weighted by Crippen LogP contribution is 2.32. The third-order valence-corrected chi connectivity index (χ3v) is 10.8. The topological polar surface area (TPSA) is 113 Å². The van der Waals surface area contributed by atoms with E-state index in [1.165, 1.54) is 53.9 Å². The van der Waals surface area contributed by atoms with Gasteiger partial charge in [0.2, 0.25) is 15.9 Å². The number of piperidine rings is 1. The van der Waals surface area contributed by atoms with Gasteiger partial charge in [0.15, 0.2) is 0 Å². The fourth-order valence-electron chi connectivity index (χ4n) is 4.46.